The van der Waals surface area contributed by atoms with Crippen LogP contribution in [0.1, 0.15) is 19.9 Å². The van der Waals surface area contributed by atoms with Crippen LogP contribution in [0.15, 0.2) is 12.3 Å². The summed E-state index contributed by atoms with van der Waals surface area (Å²) in [6.45, 7) is 4.10. The van der Waals surface area contributed by atoms with Crippen LogP contribution in [-0.2, 0) is 0 Å². The van der Waals surface area contributed by atoms with Crippen molar-refractivity contribution in [3.8, 4) is 0 Å². The Hall–Kier alpha value is -0.900. The molecule has 1 rings (SSSR count). The number of nitrogens with zero attached hydrogens (tertiary/aromatic N) is 2. The largest absolute Gasteiger partial charge is 0.384 e. The molecular formula is C7H11N3S. The van der Waals surface area contributed by atoms with Gasteiger partial charge in [-0.1, -0.05) is 0 Å². The molecule has 60 valence electrons. The van der Waals surface area contributed by atoms with Crippen LogP contribution in [0.2, 0.25) is 0 Å². The Labute approximate surface area is 70.9 Å². The second-order valence-electron chi connectivity index (χ2n) is 2.64. The SMILES string of the molecule is CC(C)n1ccc(N)nc1=S. The predicted molar refractivity (Wildman–Crippen MR) is 47.9 cm³/mol. The molecule has 0 saturated heterocycles. The van der Waals surface area contributed by atoms with Crippen molar-refractivity contribution in [3.63, 3.8) is 0 Å². The Bertz CT molecular complexity index is 303. The number of nitrogen functional groups attached to an aromatic ring is 1. The van der Waals surface area contributed by atoms with E-state index in [-0.39, 0.29) is 0 Å². The maximum Gasteiger partial charge on any atom is 0.201 e. The Kier molecular flexibility index (Phi) is 2.24. The molecule has 0 unspecified atom stereocenters. The fourth-order valence-corrected chi connectivity index (χ4v) is 1.20. The van der Waals surface area contributed by atoms with E-state index in [1.165, 1.54) is 0 Å². The van der Waals surface area contributed by atoms with Crippen molar-refractivity contribution in [2.24, 2.45) is 0 Å². The first-order valence-corrected chi connectivity index (χ1v) is 3.86. The van der Waals surface area contributed by atoms with Gasteiger partial charge in [0.1, 0.15) is 5.82 Å². The third-order valence-electron chi connectivity index (χ3n) is 1.41. The maximum atomic E-state index is 5.44. The van der Waals surface area contributed by atoms with E-state index in [2.05, 4.69) is 4.98 Å². The molecule has 0 saturated carbocycles. The topological polar surface area (TPSA) is 43.8 Å². The Morgan fingerprint density at radius 1 is 1.64 bits per heavy atom. The monoisotopic (exact) mass is 169 g/mol. The number of rotatable bonds is 1. The summed E-state index contributed by atoms with van der Waals surface area (Å²) in [6, 6.07) is 2.09. The van der Waals surface area contributed by atoms with Gasteiger partial charge in [-0.3, -0.25) is 0 Å². The summed E-state index contributed by atoms with van der Waals surface area (Å²) in [7, 11) is 0. The first-order valence-electron chi connectivity index (χ1n) is 3.46. The summed E-state index contributed by atoms with van der Waals surface area (Å²) in [6.07, 6.45) is 1.86. The minimum Gasteiger partial charge on any atom is -0.384 e. The van der Waals surface area contributed by atoms with E-state index in [0.29, 0.717) is 16.6 Å². The zero-order valence-corrected chi connectivity index (χ0v) is 7.43. The summed E-state index contributed by atoms with van der Waals surface area (Å²) >= 11 is 4.99. The standard InChI is InChI=1S/C7H11N3S/c1-5(2)10-4-3-6(8)9-7(10)11/h3-5H,1-2H3,(H2,8,9,11). The Morgan fingerprint density at radius 2 is 2.27 bits per heavy atom. The van der Waals surface area contributed by atoms with Gasteiger partial charge in [0, 0.05) is 12.2 Å². The average molecular weight is 169 g/mol. The molecule has 0 atom stereocenters. The Balaban J connectivity index is 3.21. The molecule has 1 aromatic heterocycles. The highest BCUT2D eigenvalue weighted by molar-refractivity contribution is 7.71. The molecule has 1 aromatic rings. The van der Waals surface area contributed by atoms with Crippen molar-refractivity contribution < 1.29 is 0 Å². The van der Waals surface area contributed by atoms with Crippen molar-refractivity contribution in [1.82, 2.24) is 9.55 Å². The number of anilines is 1. The van der Waals surface area contributed by atoms with Crippen LogP contribution in [0.5, 0.6) is 0 Å². The number of hydrogen-bond donors (Lipinski definition) is 1. The van der Waals surface area contributed by atoms with E-state index < -0.39 is 0 Å². The molecule has 0 aromatic carbocycles. The molecule has 0 fully saturated rings. The highest BCUT2D eigenvalue weighted by Crippen LogP contribution is 2.05. The number of nitrogens with two attached hydrogens (primary N) is 1. The molecule has 11 heavy (non-hydrogen) atoms. The van der Waals surface area contributed by atoms with Crippen LogP contribution < -0.4 is 5.73 Å². The van der Waals surface area contributed by atoms with E-state index in [1.807, 2.05) is 24.6 Å². The summed E-state index contributed by atoms with van der Waals surface area (Å²) in [5.41, 5.74) is 5.44. The molecular weight excluding hydrogens is 158 g/mol. The van der Waals surface area contributed by atoms with Crippen molar-refractivity contribution in [2.75, 3.05) is 5.73 Å². The van der Waals surface area contributed by atoms with E-state index in [1.54, 1.807) is 6.07 Å². The average Bonchev–Trinajstić information content (AvgIpc) is 1.85. The van der Waals surface area contributed by atoms with Gasteiger partial charge >= 0.3 is 0 Å². The quantitative estimate of drug-likeness (QED) is 0.652. The van der Waals surface area contributed by atoms with Gasteiger partial charge in [-0.05, 0) is 32.1 Å². The second kappa shape index (κ2) is 3.00. The summed E-state index contributed by atoms with van der Waals surface area (Å²) in [5, 5.41) is 0. The highest BCUT2D eigenvalue weighted by Gasteiger charge is 1.97. The van der Waals surface area contributed by atoms with Gasteiger partial charge in [-0.2, -0.15) is 0 Å². The van der Waals surface area contributed by atoms with Crippen LogP contribution in [0, 0.1) is 4.77 Å². The van der Waals surface area contributed by atoms with E-state index in [4.69, 9.17) is 18.0 Å². The molecule has 0 spiro atoms. The third-order valence-corrected chi connectivity index (χ3v) is 1.71. The minimum absolute atomic E-state index is 0.343. The molecule has 0 radical (unpaired) electrons. The van der Waals surface area contributed by atoms with Crippen LogP contribution in [0.4, 0.5) is 5.82 Å². The second-order valence-corrected chi connectivity index (χ2v) is 3.00. The van der Waals surface area contributed by atoms with Gasteiger partial charge in [0.15, 0.2) is 0 Å². The number of aromatic nitrogens is 2. The van der Waals surface area contributed by atoms with Gasteiger partial charge in [0.25, 0.3) is 0 Å². The molecule has 4 heteroatoms. The highest BCUT2D eigenvalue weighted by atomic mass is 32.1. The fourth-order valence-electron chi connectivity index (χ4n) is 0.819. The lowest BCUT2D eigenvalue weighted by molar-refractivity contribution is 0.578. The minimum atomic E-state index is 0.343. The zero-order chi connectivity index (χ0) is 8.43. The van der Waals surface area contributed by atoms with Gasteiger partial charge in [-0.25, -0.2) is 4.98 Å². The van der Waals surface area contributed by atoms with Crippen molar-refractivity contribution >= 4 is 18.0 Å². The first-order chi connectivity index (χ1) is 5.11. The van der Waals surface area contributed by atoms with Crippen molar-refractivity contribution in [2.45, 2.75) is 19.9 Å². The molecule has 0 aliphatic carbocycles. The van der Waals surface area contributed by atoms with Crippen LogP contribution >= 0.6 is 12.2 Å². The lowest BCUT2D eigenvalue weighted by Crippen LogP contribution is -2.05. The fraction of sp³-hybridized carbons (Fsp3) is 0.429. The van der Waals surface area contributed by atoms with Crippen LogP contribution in [0.25, 0.3) is 0 Å². The Morgan fingerprint density at radius 3 is 2.73 bits per heavy atom. The van der Waals surface area contributed by atoms with Crippen molar-refractivity contribution in [1.29, 1.82) is 0 Å². The van der Waals surface area contributed by atoms with Gasteiger partial charge < -0.3 is 10.3 Å². The summed E-state index contributed by atoms with van der Waals surface area (Å²) in [5.74, 6) is 0.479. The zero-order valence-electron chi connectivity index (χ0n) is 6.61. The molecule has 0 aliphatic heterocycles. The molecule has 0 amide bonds. The number of hydrogen-bond acceptors (Lipinski definition) is 3. The molecule has 0 aliphatic rings. The lowest BCUT2D eigenvalue weighted by Gasteiger charge is -2.09. The molecule has 2 N–H and O–H groups in total. The first kappa shape index (κ1) is 8.20. The van der Waals surface area contributed by atoms with E-state index in [0.717, 1.165) is 0 Å². The summed E-state index contributed by atoms with van der Waals surface area (Å²) in [4.78, 5) is 3.95. The van der Waals surface area contributed by atoms with Crippen molar-refractivity contribution in [3.05, 3.63) is 17.0 Å². The maximum absolute atomic E-state index is 5.44. The van der Waals surface area contributed by atoms with Gasteiger partial charge in [0.2, 0.25) is 4.77 Å². The molecule has 1 heterocycles. The lowest BCUT2D eigenvalue weighted by atomic mass is 10.4. The van der Waals surface area contributed by atoms with E-state index >= 15 is 0 Å². The normalized spacial score (nSPS) is 10.5. The van der Waals surface area contributed by atoms with Gasteiger partial charge in [0.05, 0.1) is 0 Å². The van der Waals surface area contributed by atoms with Crippen LogP contribution in [0.3, 0.4) is 0 Å². The van der Waals surface area contributed by atoms with Crippen LogP contribution in [-0.4, -0.2) is 9.55 Å². The molecule has 0 bridgehead atoms. The predicted octanol–water partition coefficient (Wildman–Crippen LogP) is 1.78. The summed E-state index contributed by atoms with van der Waals surface area (Å²) < 4.78 is 2.44. The smallest absolute Gasteiger partial charge is 0.201 e. The molecule has 3 nitrogen and oxygen atoms in total. The van der Waals surface area contributed by atoms with Gasteiger partial charge in [-0.15, -0.1) is 0 Å². The van der Waals surface area contributed by atoms with E-state index in [9.17, 15) is 0 Å². The third kappa shape index (κ3) is 1.77.